The lowest BCUT2D eigenvalue weighted by Gasteiger charge is -2.20. The van der Waals surface area contributed by atoms with Gasteiger partial charge in [-0.05, 0) is 39.0 Å². The zero-order valence-corrected chi connectivity index (χ0v) is 13.9. The van der Waals surface area contributed by atoms with Crippen molar-refractivity contribution in [1.29, 1.82) is 0 Å². The molecule has 1 saturated carbocycles. The summed E-state index contributed by atoms with van der Waals surface area (Å²) >= 11 is 0. The molecule has 1 aliphatic rings. The van der Waals surface area contributed by atoms with Crippen LogP contribution >= 0.6 is 0 Å². The number of quaternary nitrogens is 1. The van der Waals surface area contributed by atoms with Gasteiger partial charge in [-0.3, -0.25) is 4.79 Å². The molecule has 0 unspecified atom stereocenters. The summed E-state index contributed by atoms with van der Waals surface area (Å²) < 4.78 is 11.0. The van der Waals surface area contributed by atoms with Gasteiger partial charge in [-0.25, -0.2) is 0 Å². The highest BCUT2D eigenvalue weighted by atomic mass is 16.5. The molecule has 0 aromatic heterocycles. The predicted molar refractivity (Wildman–Crippen MR) is 85.0 cm³/mol. The molecule has 122 valence electrons. The molecule has 0 aliphatic heterocycles. The maximum atomic E-state index is 11.8. The summed E-state index contributed by atoms with van der Waals surface area (Å²) in [6.45, 7) is 6.76. The maximum absolute atomic E-state index is 11.8. The minimum absolute atomic E-state index is 0.0127. The summed E-state index contributed by atoms with van der Waals surface area (Å²) in [5.74, 6) is 1.13. The molecule has 0 bridgehead atoms. The number of nitrogens with one attached hydrogen (secondary N) is 1. The van der Waals surface area contributed by atoms with Crippen molar-refractivity contribution in [3.8, 4) is 11.5 Å². The van der Waals surface area contributed by atoms with Crippen LogP contribution in [-0.4, -0.2) is 31.2 Å². The minimum atomic E-state index is -0.257. The van der Waals surface area contributed by atoms with Gasteiger partial charge in [-0.2, -0.15) is 0 Å². The lowest BCUT2D eigenvalue weighted by molar-refractivity contribution is -0.683. The number of hydrogen-bond donors (Lipinski definition) is 2. The molecule has 1 amide bonds. The van der Waals surface area contributed by atoms with Gasteiger partial charge >= 0.3 is 0 Å². The van der Waals surface area contributed by atoms with Crippen molar-refractivity contribution in [2.75, 3.05) is 13.7 Å². The van der Waals surface area contributed by atoms with E-state index in [1.54, 1.807) is 7.11 Å². The monoisotopic (exact) mass is 307 g/mol. The van der Waals surface area contributed by atoms with Gasteiger partial charge in [0.05, 0.1) is 13.2 Å². The van der Waals surface area contributed by atoms with Crippen molar-refractivity contribution in [3.05, 3.63) is 23.8 Å². The van der Waals surface area contributed by atoms with E-state index < -0.39 is 0 Å². The van der Waals surface area contributed by atoms with E-state index >= 15 is 0 Å². The average Bonchev–Trinajstić information content (AvgIpc) is 3.25. The number of methoxy groups -OCH3 is 1. The molecule has 2 rings (SSSR count). The molecule has 0 spiro atoms. The normalized spacial score (nSPS) is 14.5. The third kappa shape index (κ3) is 5.56. The summed E-state index contributed by atoms with van der Waals surface area (Å²) in [6.07, 6.45) is 2.64. The van der Waals surface area contributed by atoms with Crippen LogP contribution < -0.4 is 20.1 Å². The van der Waals surface area contributed by atoms with Gasteiger partial charge in [-0.1, -0.05) is 0 Å². The first-order valence-corrected chi connectivity index (χ1v) is 7.81. The molecule has 0 atom stereocenters. The Morgan fingerprint density at radius 2 is 2.05 bits per heavy atom. The highest BCUT2D eigenvalue weighted by molar-refractivity contribution is 5.78. The predicted octanol–water partition coefficient (Wildman–Crippen LogP) is 1.21. The van der Waals surface area contributed by atoms with Crippen LogP contribution in [0.15, 0.2) is 18.2 Å². The van der Waals surface area contributed by atoms with Gasteiger partial charge < -0.3 is 20.1 Å². The van der Waals surface area contributed by atoms with Crippen molar-refractivity contribution in [3.63, 3.8) is 0 Å². The smallest absolute Gasteiger partial charge is 0.258 e. The number of carbonyl (C=O) groups is 1. The van der Waals surface area contributed by atoms with E-state index in [0.717, 1.165) is 12.6 Å². The fourth-order valence-corrected chi connectivity index (χ4v) is 2.19. The van der Waals surface area contributed by atoms with Crippen LogP contribution in [0.4, 0.5) is 0 Å². The summed E-state index contributed by atoms with van der Waals surface area (Å²) in [4.78, 5) is 11.8. The quantitative estimate of drug-likeness (QED) is 0.796. The van der Waals surface area contributed by atoms with Gasteiger partial charge in [-0.15, -0.1) is 0 Å². The number of rotatable bonds is 7. The van der Waals surface area contributed by atoms with Crippen molar-refractivity contribution in [2.24, 2.45) is 0 Å². The van der Waals surface area contributed by atoms with Crippen LogP contribution in [0.2, 0.25) is 0 Å². The molecule has 1 aromatic rings. The SMILES string of the molecule is COc1cc(C[NH2+]C2CC2)ccc1OCC(=O)NC(C)(C)C. The molecule has 5 heteroatoms. The molecule has 0 radical (unpaired) electrons. The van der Waals surface area contributed by atoms with Crippen LogP contribution in [0.5, 0.6) is 11.5 Å². The Bertz CT molecular complexity index is 519. The van der Waals surface area contributed by atoms with E-state index in [1.807, 2.05) is 39.0 Å². The lowest BCUT2D eigenvalue weighted by Crippen LogP contribution is -2.84. The molecule has 1 aliphatic carbocycles. The van der Waals surface area contributed by atoms with Crippen LogP contribution in [0, 0.1) is 0 Å². The zero-order valence-electron chi connectivity index (χ0n) is 13.9. The molecule has 1 fully saturated rings. The highest BCUT2D eigenvalue weighted by Gasteiger charge is 2.24. The second-order valence-corrected chi connectivity index (χ2v) is 6.85. The van der Waals surface area contributed by atoms with Gasteiger partial charge in [0.2, 0.25) is 0 Å². The molecule has 5 nitrogen and oxygen atoms in total. The Morgan fingerprint density at radius 1 is 1.32 bits per heavy atom. The number of carbonyl (C=O) groups excluding carboxylic acids is 1. The first-order chi connectivity index (χ1) is 10.4. The van der Waals surface area contributed by atoms with E-state index in [9.17, 15) is 4.79 Å². The number of nitrogens with two attached hydrogens (primary N) is 1. The number of hydrogen-bond acceptors (Lipinski definition) is 3. The Labute approximate surface area is 132 Å². The third-order valence-electron chi connectivity index (χ3n) is 3.41. The molecule has 0 heterocycles. The Balaban J connectivity index is 1.90. The molecular weight excluding hydrogens is 280 g/mol. The van der Waals surface area contributed by atoms with E-state index in [2.05, 4.69) is 10.6 Å². The first-order valence-electron chi connectivity index (χ1n) is 7.81. The van der Waals surface area contributed by atoms with Crippen LogP contribution in [0.3, 0.4) is 0 Å². The molecular formula is C17H27N2O3+. The fraction of sp³-hybridized carbons (Fsp3) is 0.588. The van der Waals surface area contributed by atoms with Crippen LogP contribution in [0.1, 0.15) is 39.2 Å². The standard InChI is InChI=1S/C17H26N2O3/c1-17(2,3)19-16(20)11-22-14-8-5-12(9-15(14)21-4)10-18-13-6-7-13/h5,8-9,13,18H,6-7,10-11H2,1-4H3,(H,19,20)/p+1. The van der Waals surface area contributed by atoms with Gasteiger partial charge in [0.15, 0.2) is 18.1 Å². The molecule has 1 aromatic carbocycles. The Morgan fingerprint density at radius 3 is 2.64 bits per heavy atom. The van der Waals surface area contributed by atoms with Gasteiger partial charge in [0.1, 0.15) is 6.54 Å². The first kappa shape index (κ1) is 16.6. The number of benzene rings is 1. The van der Waals surface area contributed by atoms with Crippen LogP contribution in [0.25, 0.3) is 0 Å². The summed E-state index contributed by atoms with van der Waals surface area (Å²) in [7, 11) is 1.62. The average molecular weight is 307 g/mol. The molecule has 3 N–H and O–H groups in total. The summed E-state index contributed by atoms with van der Waals surface area (Å²) in [5.41, 5.74) is 0.947. The van der Waals surface area contributed by atoms with E-state index in [-0.39, 0.29) is 18.1 Å². The molecule has 0 saturated heterocycles. The van der Waals surface area contributed by atoms with Crippen molar-refractivity contribution < 1.29 is 19.6 Å². The van der Waals surface area contributed by atoms with Crippen LogP contribution in [-0.2, 0) is 11.3 Å². The van der Waals surface area contributed by atoms with E-state index in [0.29, 0.717) is 11.5 Å². The second-order valence-electron chi connectivity index (χ2n) is 6.85. The van der Waals surface area contributed by atoms with Gasteiger partial charge in [0, 0.05) is 23.9 Å². The fourth-order valence-electron chi connectivity index (χ4n) is 2.19. The van der Waals surface area contributed by atoms with Crippen molar-refractivity contribution in [2.45, 2.75) is 51.7 Å². The van der Waals surface area contributed by atoms with Crippen molar-refractivity contribution >= 4 is 5.91 Å². The summed E-state index contributed by atoms with van der Waals surface area (Å²) in [5, 5.41) is 5.22. The van der Waals surface area contributed by atoms with E-state index in [4.69, 9.17) is 9.47 Å². The Kier molecular flexibility index (Phi) is 5.29. The second kappa shape index (κ2) is 7.01. The highest BCUT2D eigenvalue weighted by Crippen LogP contribution is 2.28. The maximum Gasteiger partial charge on any atom is 0.258 e. The molecule has 22 heavy (non-hydrogen) atoms. The lowest BCUT2D eigenvalue weighted by atomic mass is 10.1. The summed E-state index contributed by atoms with van der Waals surface area (Å²) in [6, 6.07) is 6.68. The minimum Gasteiger partial charge on any atom is -0.493 e. The Hall–Kier alpha value is -1.75. The van der Waals surface area contributed by atoms with Gasteiger partial charge in [0.25, 0.3) is 5.91 Å². The topological polar surface area (TPSA) is 64.2 Å². The third-order valence-corrected chi connectivity index (χ3v) is 3.41. The number of ether oxygens (including phenoxy) is 2. The largest absolute Gasteiger partial charge is 0.493 e. The van der Waals surface area contributed by atoms with E-state index in [1.165, 1.54) is 18.4 Å². The zero-order chi connectivity index (χ0) is 16.2. The van der Waals surface area contributed by atoms with Crippen molar-refractivity contribution in [1.82, 2.24) is 5.32 Å². The number of amides is 1.